The Balaban J connectivity index is 3.90. The lowest BCUT2D eigenvalue weighted by Gasteiger charge is -2.19. The van der Waals surface area contributed by atoms with Crippen LogP contribution in [0.4, 0.5) is 0 Å². The SMILES string of the molecule is CC/C=C\C/C=C\C/C=C\C/C=C\C/C=C\C/C=C\C/C=C\C/C=C\C/C=C\CCCCCC(=O)OC(COC(=O)CCCCCCCCCCCCCCCCCCCCCCCCCCC/C=C\CCCCCCCCCC)COP(=O)(O)OCCN. The molecule has 2 unspecified atom stereocenters. The topological polar surface area (TPSA) is 134 Å². The average Bonchev–Trinajstić information content (AvgIpc) is 3.68. The molecule has 10 heteroatoms. The lowest BCUT2D eigenvalue weighted by Crippen LogP contribution is -2.29. The second-order valence-corrected chi connectivity index (χ2v) is 25.9. The molecule has 89 heavy (non-hydrogen) atoms. The van der Waals surface area contributed by atoms with Crippen LogP contribution < -0.4 is 5.73 Å². The van der Waals surface area contributed by atoms with Crippen LogP contribution in [-0.2, 0) is 32.7 Å². The van der Waals surface area contributed by atoms with Crippen molar-refractivity contribution in [3.8, 4) is 0 Å². The van der Waals surface area contributed by atoms with E-state index in [9.17, 15) is 19.0 Å². The highest BCUT2D eigenvalue weighted by molar-refractivity contribution is 7.47. The average molecular weight is 1260 g/mol. The maximum absolute atomic E-state index is 12.8. The third-order valence-electron chi connectivity index (χ3n) is 15.8. The summed E-state index contributed by atoms with van der Waals surface area (Å²) in [7, 11) is -4.41. The molecule has 0 radical (unpaired) electrons. The van der Waals surface area contributed by atoms with Crippen molar-refractivity contribution in [3.05, 3.63) is 122 Å². The molecule has 0 saturated heterocycles. The van der Waals surface area contributed by atoms with E-state index in [1.165, 1.54) is 205 Å². The van der Waals surface area contributed by atoms with Gasteiger partial charge in [-0.15, -0.1) is 0 Å². The van der Waals surface area contributed by atoms with E-state index in [0.717, 1.165) is 96.3 Å². The zero-order valence-electron chi connectivity index (χ0n) is 57.6. The smallest absolute Gasteiger partial charge is 0.462 e. The number of phosphoric acid groups is 1. The molecule has 3 N–H and O–H groups in total. The fourth-order valence-electron chi connectivity index (χ4n) is 10.4. The predicted octanol–water partition coefficient (Wildman–Crippen LogP) is 24.6. The second-order valence-electron chi connectivity index (χ2n) is 24.4. The van der Waals surface area contributed by atoms with Crippen molar-refractivity contribution in [2.45, 2.75) is 341 Å². The van der Waals surface area contributed by atoms with Gasteiger partial charge in [-0.3, -0.25) is 18.6 Å². The molecule has 0 saturated carbocycles. The predicted molar refractivity (Wildman–Crippen MR) is 385 cm³/mol. The maximum Gasteiger partial charge on any atom is 0.472 e. The number of hydrogen-bond acceptors (Lipinski definition) is 8. The second kappa shape index (κ2) is 73.5. The van der Waals surface area contributed by atoms with Crippen molar-refractivity contribution in [2.75, 3.05) is 26.4 Å². The number of rotatable bonds is 69. The zero-order chi connectivity index (χ0) is 64.4. The van der Waals surface area contributed by atoms with Gasteiger partial charge in [-0.25, -0.2) is 4.57 Å². The molecule has 0 rings (SSSR count). The Hall–Kier alpha value is -3.59. The molecule has 0 heterocycles. The van der Waals surface area contributed by atoms with Crippen molar-refractivity contribution in [3.63, 3.8) is 0 Å². The first-order valence-electron chi connectivity index (χ1n) is 37.0. The van der Waals surface area contributed by atoms with E-state index in [-0.39, 0.29) is 38.6 Å². The standard InChI is InChI=1S/C79H138NO8P/c1-3-5-7-9-11-13-15-17-19-21-23-25-27-29-31-33-35-36-37-38-39-40-42-43-45-47-49-51-53-55-57-59-61-63-65-67-69-71-78(81)85-75-77(76-87-89(83,84)86-74-73-80)88-79(82)72-70-68-66-64-62-60-58-56-54-52-50-48-46-44-41-34-32-30-28-26-24-22-20-18-16-14-12-10-8-6-4-2/h6,8,12,14,18,20-21,23-24,26,30,32,41,44,48,50,54,56,60,62,77H,3-5,7,9-11,13,15-17,19,22,25,27-29,31,33-40,42-43,45-47,49,51-53,55,57-59,61,63-76,80H2,1-2H3,(H,83,84)/b8-6-,14-12-,20-18-,23-21-,26-24-,32-30-,44-41-,50-48-,56-54-,62-60-. The molecule has 0 aliphatic heterocycles. The van der Waals surface area contributed by atoms with Gasteiger partial charge in [-0.2, -0.15) is 0 Å². The lowest BCUT2D eigenvalue weighted by atomic mass is 10.0. The Morgan fingerprint density at radius 1 is 0.348 bits per heavy atom. The number of carbonyl (C=O) groups is 2. The summed E-state index contributed by atoms with van der Waals surface area (Å²) < 4.78 is 33.2. The molecule has 2 atom stereocenters. The van der Waals surface area contributed by atoms with Crippen molar-refractivity contribution in [1.29, 1.82) is 0 Å². The van der Waals surface area contributed by atoms with Gasteiger partial charge < -0.3 is 20.1 Å². The molecule has 0 aliphatic rings. The number of esters is 2. The van der Waals surface area contributed by atoms with Crippen molar-refractivity contribution >= 4 is 19.8 Å². The van der Waals surface area contributed by atoms with Crippen LogP contribution in [0.15, 0.2) is 122 Å². The summed E-state index contributed by atoms with van der Waals surface area (Å²) in [5, 5.41) is 0. The number of phosphoric ester groups is 1. The Morgan fingerprint density at radius 2 is 0.618 bits per heavy atom. The van der Waals surface area contributed by atoms with Crippen LogP contribution in [0, 0.1) is 0 Å². The van der Waals surface area contributed by atoms with Gasteiger partial charge in [0.05, 0.1) is 13.2 Å². The van der Waals surface area contributed by atoms with E-state index in [4.69, 9.17) is 24.3 Å². The number of ether oxygens (including phenoxy) is 2. The van der Waals surface area contributed by atoms with Crippen LogP contribution >= 0.6 is 7.82 Å². The quantitative estimate of drug-likeness (QED) is 0.0264. The summed E-state index contributed by atoms with van der Waals surface area (Å²) in [5.74, 6) is -0.862. The zero-order valence-corrected chi connectivity index (χ0v) is 58.5. The summed E-state index contributed by atoms with van der Waals surface area (Å²) in [5.41, 5.74) is 5.40. The number of hydrogen-bond donors (Lipinski definition) is 2. The summed E-state index contributed by atoms with van der Waals surface area (Å²) in [6.07, 6.45) is 103. The third-order valence-corrected chi connectivity index (χ3v) is 16.8. The minimum Gasteiger partial charge on any atom is -0.462 e. The largest absolute Gasteiger partial charge is 0.472 e. The molecule has 0 aromatic heterocycles. The van der Waals surface area contributed by atoms with Crippen LogP contribution in [0.3, 0.4) is 0 Å². The molecule has 0 aromatic carbocycles. The van der Waals surface area contributed by atoms with Crippen molar-refractivity contribution in [1.82, 2.24) is 0 Å². The van der Waals surface area contributed by atoms with Gasteiger partial charge in [0.15, 0.2) is 6.10 Å². The minimum absolute atomic E-state index is 0.0427. The molecule has 0 aliphatic carbocycles. The Morgan fingerprint density at radius 3 is 0.944 bits per heavy atom. The van der Waals surface area contributed by atoms with E-state index in [1.54, 1.807) is 0 Å². The van der Waals surface area contributed by atoms with Crippen LogP contribution in [0.2, 0.25) is 0 Å². The summed E-state index contributed by atoms with van der Waals surface area (Å²) in [6, 6.07) is 0. The molecule has 0 spiro atoms. The fourth-order valence-corrected chi connectivity index (χ4v) is 11.2. The summed E-state index contributed by atoms with van der Waals surface area (Å²) in [4.78, 5) is 35.4. The van der Waals surface area contributed by atoms with Gasteiger partial charge in [0.2, 0.25) is 0 Å². The Bertz CT molecular complexity index is 1880. The van der Waals surface area contributed by atoms with Crippen LogP contribution in [0.25, 0.3) is 0 Å². The van der Waals surface area contributed by atoms with Gasteiger partial charge in [-0.1, -0.05) is 334 Å². The van der Waals surface area contributed by atoms with E-state index >= 15 is 0 Å². The van der Waals surface area contributed by atoms with E-state index in [1.807, 2.05) is 0 Å². The van der Waals surface area contributed by atoms with Gasteiger partial charge in [-0.05, 0) is 109 Å². The van der Waals surface area contributed by atoms with Gasteiger partial charge in [0.25, 0.3) is 0 Å². The van der Waals surface area contributed by atoms with Gasteiger partial charge in [0.1, 0.15) is 6.61 Å². The fraction of sp³-hybridized carbons (Fsp3) is 0.722. The van der Waals surface area contributed by atoms with Crippen LogP contribution in [-0.4, -0.2) is 49.3 Å². The summed E-state index contributed by atoms with van der Waals surface area (Å²) >= 11 is 0. The molecule has 0 aromatic rings. The van der Waals surface area contributed by atoms with E-state index in [2.05, 4.69) is 135 Å². The third kappa shape index (κ3) is 73.3. The molecule has 9 nitrogen and oxygen atoms in total. The van der Waals surface area contributed by atoms with Crippen LogP contribution in [0.1, 0.15) is 335 Å². The maximum atomic E-state index is 12.8. The molecule has 0 amide bonds. The summed E-state index contributed by atoms with van der Waals surface area (Å²) in [6.45, 7) is 3.62. The molecular formula is C79H138NO8P. The lowest BCUT2D eigenvalue weighted by molar-refractivity contribution is -0.161. The first-order valence-corrected chi connectivity index (χ1v) is 38.5. The van der Waals surface area contributed by atoms with Gasteiger partial charge >= 0.3 is 19.8 Å². The number of allylic oxidation sites excluding steroid dienone is 20. The normalized spacial score (nSPS) is 13.6. The first-order chi connectivity index (χ1) is 43.8. The number of unbranched alkanes of at least 4 members (excludes halogenated alkanes) is 36. The first kappa shape index (κ1) is 85.4. The van der Waals surface area contributed by atoms with E-state index in [0.29, 0.717) is 6.42 Å². The molecule has 0 bridgehead atoms. The number of nitrogens with two attached hydrogens (primary N) is 1. The molecular weight excluding hydrogens is 1120 g/mol. The highest BCUT2D eigenvalue weighted by atomic mass is 31.2. The van der Waals surface area contributed by atoms with Gasteiger partial charge in [0, 0.05) is 19.4 Å². The molecule has 512 valence electrons. The van der Waals surface area contributed by atoms with Crippen molar-refractivity contribution in [2.24, 2.45) is 5.73 Å². The highest BCUT2D eigenvalue weighted by Gasteiger charge is 2.26. The molecule has 0 fully saturated rings. The Kier molecular flexibility index (Phi) is 70.5. The van der Waals surface area contributed by atoms with Crippen molar-refractivity contribution < 1.29 is 37.6 Å². The van der Waals surface area contributed by atoms with E-state index < -0.39 is 26.5 Å². The monoisotopic (exact) mass is 1260 g/mol. The van der Waals surface area contributed by atoms with Crippen LogP contribution in [0.5, 0.6) is 0 Å². The minimum atomic E-state index is -4.41. The highest BCUT2D eigenvalue weighted by Crippen LogP contribution is 2.43. The Labute approximate surface area is 549 Å². The number of carbonyl (C=O) groups excluding carboxylic acids is 2.